The van der Waals surface area contributed by atoms with Gasteiger partial charge in [0.2, 0.25) is 5.91 Å². The number of nitrogens with zero attached hydrogens (tertiary/aromatic N) is 2. The number of rotatable bonds is 3. The average molecular weight is 290 g/mol. The fourth-order valence-electron chi connectivity index (χ4n) is 2.92. The van der Waals surface area contributed by atoms with Gasteiger partial charge >= 0.3 is 0 Å². The zero-order valence-electron chi connectivity index (χ0n) is 11.8. The quantitative estimate of drug-likeness (QED) is 0.799. The van der Waals surface area contributed by atoms with Gasteiger partial charge in [-0.3, -0.25) is 9.69 Å². The normalized spacial score (nSPS) is 21.9. The molecule has 2 heterocycles. The van der Waals surface area contributed by atoms with Crippen molar-refractivity contribution in [2.75, 3.05) is 26.2 Å². The molecular formula is C16H22N2OS. The lowest BCUT2D eigenvalue weighted by molar-refractivity contribution is -0.125. The van der Waals surface area contributed by atoms with E-state index in [9.17, 15) is 4.79 Å². The van der Waals surface area contributed by atoms with Crippen molar-refractivity contribution >= 4 is 23.3 Å². The summed E-state index contributed by atoms with van der Waals surface area (Å²) < 4.78 is 0. The van der Waals surface area contributed by atoms with E-state index in [4.69, 9.17) is 0 Å². The molecule has 1 aliphatic carbocycles. The Labute approximate surface area is 124 Å². The minimum Gasteiger partial charge on any atom is -0.338 e. The van der Waals surface area contributed by atoms with E-state index in [2.05, 4.69) is 10.3 Å². The van der Waals surface area contributed by atoms with Crippen LogP contribution in [0, 0.1) is 0 Å². The maximum Gasteiger partial charge on any atom is 0.246 e. The molecule has 2 aliphatic rings. The first-order valence-electron chi connectivity index (χ1n) is 7.56. The number of carbonyl (C=O) groups is 1. The third-order valence-electron chi connectivity index (χ3n) is 4.39. The minimum atomic E-state index is 0.159. The molecule has 0 bridgehead atoms. The van der Waals surface area contributed by atoms with E-state index in [1.807, 2.05) is 22.4 Å². The van der Waals surface area contributed by atoms with E-state index in [0.717, 1.165) is 44.2 Å². The Hall–Kier alpha value is -1.13. The Morgan fingerprint density at radius 3 is 2.80 bits per heavy atom. The third-order valence-corrected chi connectivity index (χ3v) is 5.10. The SMILES string of the molecule is O=C(/C=C/c1ccsc1)N1CCCN(C2CCC2)CC1. The topological polar surface area (TPSA) is 23.6 Å². The van der Waals surface area contributed by atoms with Gasteiger partial charge in [-0.1, -0.05) is 6.42 Å². The van der Waals surface area contributed by atoms with Gasteiger partial charge in [-0.2, -0.15) is 11.3 Å². The number of thiophene rings is 1. The van der Waals surface area contributed by atoms with E-state index in [1.165, 1.54) is 19.3 Å². The van der Waals surface area contributed by atoms with E-state index >= 15 is 0 Å². The summed E-state index contributed by atoms with van der Waals surface area (Å²) in [5, 5.41) is 4.09. The van der Waals surface area contributed by atoms with Crippen LogP contribution in [0.2, 0.25) is 0 Å². The monoisotopic (exact) mass is 290 g/mol. The van der Waals surface area contributed by atoms with Crippen LogP contribution in [0.3, 0.4) is 0 Å². The predicted octanol–water partition coefficient (Wildman–Crippen LogP) is 2.85. The van der Waals surface area contributed by atoms with Gasteiger partial charge in [0, 0.05) is 38.3 Å². The minimum absolute atomic E-state index is 0.159. The standard InChI is InChI=1S/C16H22N2OS/c19-16(6-5-14-7-12-20-13-14)18-9-2-8-17(10-11-18)15-3-1-4-15/h5-7,12-13,15H,1-4,8-11H2/b6-5+. The third kappa shape index (κ3) is 3.30. The Kier molecular flexibility index (Phi) is 4.53. The molecule has 1 aliphatic heterocycles. The highest BCUT2D eigenvalue weighted by atomic mass is 32.1. The van der Waals surface area contributed by atoms with Crippen molar-refractivity contribution in [2.24, 2.45) is 0 Å². The molecule has 0 atom stereocenters. The zero-order chi connectivity index (χ0) is 13.8. The summed E-state index contributed by atoms with van der Waals surface area (Å²) in [6.07, 6.45) is 8.84. The van der Waals surface area contributed by atoms with Crippen molar-refractivity contribution in [1.29, 1.82) is 0 Å². The maximum absolute atomic E-state index is 12.2. The summed E-state index contributed by atoms with van der Waals surface area (Å²) in [7, 11) is 0. The second-order valence-corrected chi connectivity index (χ2v) is 6.47. The Morgan fingerprint density at radius 2 is 2.10 bits per heavy atom. The molecule has 1 saturated heterocycles. The molecule has 1 aromatic rings. The molecule has 1 saturated carbocycles. The van der Waals surface area contributed by atoms with Crippen LogP contribution in [0.1, 0.15) is 31.2 Å². The zero-order valence-corrected chi connectivity index (χ0v) is 12.6. The van der Waals surface area contributed by atoms with Crippen LogP contribution in [0.5, 0.6) is 0 Å². The van der Waals surface area contributed by atoms with Crippen LogP contribution in [0.15, 0.2) is 22.9 Å². The molecule has 3 nitrogen and oxygen atoms in total. The van der Waals surface area contributed by atoms with Gasteiger partial charge in [0.15, 0.2) is 0 Å². The van der Waals surface area contributed by atoms with Crippen LogP contribution in [0.4, 0.5) is 0 Å². The van der Waals surface area contributed by atoms with E-state index in [-0.39, 0.29) is 5.91 Å². The van der Waals surface area contributed by atoms with E-state index < -0.39 is 0 Å². The van der Waals surface area contributed by atoms with Gasteiger partial charge in [0.05, 0.1) is 0 Å². The number of hydrogen-bond acceptors (Lipinski definition) is 3. The van der Waals surface area contributed by atoms with Crippen LogP contribution in [-0.4, -0.2) is 47.9 Å². The molecule has 4 heteroatoms. The fourth-order valence-corrected chi connectivity index (χ4v) is 3.55. The highest BCUT2D eigenvalue weighted by Gasteiger charge is 2.27. The van der Waals surface area contributed by atoms with Gasteiger partial charge < -0.3 is 4.90 Å². The number of amides is 1. The van der Waals surface area contributed by atoms with Crippen molar-refractivity contribution in [3.63, 3.8) is 0 Å². The molecule has 1 amide bonds. The lowest BCUT2D eigenvalue weighted by Gasteiger charge is -2.36. The highest BCUT2D eigenvalue weighted by molar-refractivity contribution is 7.08. The molecule has 0 unspecified atom stereocenters. The van der Waals surface area contributed by atoms with Crippen molar-refractivity contribution in [1.82, 2.24) is 9.80 Å². The molecule has 0 N–H and O–H groups in total. The first-order chi connectivity index (χ1) is 9.83. The Morgan fingerprint density at radius 1 is 1.20 bits per heavy atom. The van der Waals surface area contributed by atoms with Crippen LogP contribution in [0.25, 0.3) is 6.08 Å². The summed E-state index contributed by atoms with van der Waals surface area (Å²) in [5.74, 6) is 0.159. The molecule has 1 aromatic heterocycles. The lowest BCUT2D eigenvalue weighted by atomic mass is 9.91. The highest BCUT2D eigenvalue weighted by Crippen LogP contribution is 2.25. The second kappa shape index (κ2) is 6.55. The van der Waals surface area contributed by atoms with E-state index in [1.54, 1.807) is 17.4 Å². The molecule has 0 aromatic carbocycles. The summed E-state index contributed by atoms with van der Waals surface area (Å²) in [5.41, 5.74) is 1.12. The van der Waals surface area contributed by atoms with Crippen LogP contribution >= 0.6 is 11.3 Å². The van der Waals surface area contributed by atoms with Crippen molar-refractivity contribution in [3.05, 3.63) is 28.5 Å². The molecule has 2 fully saturated rings. The predicted molar refractivity (Wildman–Crippen MR) is 83.8 cm³/mol. The molecule has 0 spiro atoms. The maximum atomic E-state index is 12.2. The summed E-state index contributed by atoms with van der Waals surface area (Å²) >= 11 is 1.66. The van der Waals surface area contributed by atoms with Gasteiger partial charge in [-0.25, -0.2) is 0 Å². The Balaban J connectivity index is 1.53. The average Bonchev–Trinajstić information content (AvgIpc) is 2.80. The molecule has 20 heavy (non-hydrogen) atoms. The van der Waals surface area contributed by atoms with Crippen molar-refractivity contribution in [2.45, 2.75) is 31.7 Å². The van der Waals surface area contributed by atoms with Gasteiger partial charge in [0.1, 0.15) is 0 Å². The second-order valence-electron chi connectivity index (χ2n) is 5.69. The number of carbonyl (C=O) groups excluding carboxylic acids is 1. The number of hydrogen-bond donors (Lipinski definition) is 0. The molecule has 0 radical (unpaired) electrons. The summed E-state index contributed by atoms with van der Waals surface area (Å²) in [6, 6.07) is 2.83. The lowest BCUT2D eigenvalue weighted by Crippen LogP contribution is -2.42. The molecule has 108 valence electrons. The first-order valence-corrected chi connectivity index (χ1v) is 8.50. The van der Waals surface area contributed by atoms with E-state index in [0.29, 0.717) is 0 Å². The largest absolute Gasteiger partial charge is 0.338 e. The first kappa shape index (κ1) is 13.8. The summed E-state index contributed by atoms with van der Waals surface area (Å²) in [4.78, 5) is 16.8. The van der Waals surface area contributed by atoms with Crippen molar-refractivity contribution < 1.29 is 4.79 Å². The smallest absolute Gasteiger partial charge is 0.246 e. The Bertz CT molecular complexity index is 465. The van der Waals surface area contributed by atoms with Crippen molar-refractivity contribution in [3.8, 4) is 0 Å². The fraction of sp³-hybridized carbons (Fsp3) is 0.562. The molecular weight excluding hydrogens is 268 g/mol. The summed E-state index contributed by atoms with van der Waals surface area (Å²) in [6.45, 7) is 3.98. The van der Waals surface area contributed by atoms with Gasteiger partial charge in [-0.15, -0.1) is 0 Å². The van der Waals surface area contributed by atoms with Crippen LogP contribution < -0.4 is 0 Å². The van der Waals surface area contributed by atoms with Crippen LogP contribution in [-0.2, 0) is 4.79 Å². The molecule has 3 rings (SSSR count). The van der Waals surface area contributed by atoms with Gasteiger partial charge in [0.25, 0.3) is 0 Å². The van der Waals surface area contributed by atoms with Gasteiger partial charge in [-0.05, 0) is 47.7 Å².